The third-order valence-electron chi connectivity index (χ3n) is 3.97. The van der Waals surface area contributed by atoms with Gasteiger partial charge in [-0.15, -0.1) is 0 Å². The number of ether oxygens (including phenoxy) is 1. The van der Waals surface area contributed by atoms with E-state index in [-0.39, 0.29) is 24.1 Å². The van der Waals surface area contributed by atoms with E-state index in [4.69, 9.17) is 4.74 Å². The standard InChI is InChI=1S/C19H29N3O3/c1-15-7-5-8-16(13-15)25-14-17(23)21-9-6-10-22(12-11-21)18(24)20-19(2,3)4/h5,7-8,13H,6,9-12,14H2,1-4H3,(H,20,24). The summed E-state index contributed by atoms with van der Waals surface area (Å²) < 4.78 is 5.60. The summed E-state index contributed by atoms with van der Waals surface area (Å²) in [5.74, 6) is 0.661. The maximum absolute atomic E-state index is 12.4. The molecule has 2 rings (SSSR count). The van der Waals surface area contributed by atoms with Crippen molar-refractivity contribution in [3.05, 3.63) is 29.8 Å². The summed E-state index contributed by atoms with van der Waals surface area (Å²) in [4.78, 5) is 28.2. The molecule has 0 atom stereocenters. The molecule has 1 aromatic carbocycles. The topological polar surface area (TPSA) is 61.9 Å². The molecule has 1 saturated heterocycles. The molecule has 1 N–H and O–H groups in total. The van der Waals surface area contributed by atoms with E-state index in [1.165, 1.54) is 0 Å². The van der Waals surface area contributed by atoms with Crippen molar-refractivity contribution in [2.75, 3.05) is 32.8 Å². The highest BCUT2D eigenvalue weighted by atomic mass is 16.5. The quantitative estimate of drug-likeness (QED) is 0.913. The van der Waals surface area contributed by atoms with Crippen molar-refractivity contribution in [2.24, 2.45) is 0 Å². The van der Waals surface area contributed by atoms with Crippen molar-refractivity contribution in [1.82, 2.24) is 15.1 Å². The second-order valence-corrected chi connectivity index (χ2v) is 7.51. The summed E-state index contributed by atoms with van der Waals surface area (Å²) in [7, 11) is 0. The van der Waals surface area contributed by atoms with Crippen molar-refractivity contribution < 1.29 is 14.3 Å². The van der Waals surface area contributed by atoms with Crippen LogP contribution in [-0.4, -0.2) is 60.1 Å². The third kappa shape index (κ3) is 6.29. The van der Waals surface area contributed by atoms with E-state index in [1.54, 1.807) is 9.80 Å². The molecule has 0 aliphatic carbocycles. The Morgan fingerprint density at radius 2 is 1.80 bits per heavy atom. The first kappa shape index (κ1) is 19.1. The van der Waals surface area contributed by atoms with Gasteiger partial charge in [0.15, 0.2) is 6.61 Å². The van der Waals surface area contributed by atoms with Gasteiger partial charge < -0.3 is 19.9 Å². The van der Waals surface area contributed by atoms with Crippen LogP contribution in [0.25, 0.3) is 0 Å². The Morgan fingerprint density at radius 3 is 2.48 bits per heavy atom. The molecule has 6 nitrogen and oxygen atoms in total. The van der Waals surface area contributed by atoms with Gasteiger partial charge in [-0.2, -0.15) is 0 Å². The average Bonchev–Trinajstić information content (AvgIpc) is 2.77. The number of amides is 3. The smallest absolute Gasteiger partial charge is 0.317 e. The van der Waals surface area contributed by atoms with Gasteiger partial charge in [-0.05, 0) is 51.8 Å². The van der Waals surface area contributed by atoms with E-state index >= 15 is 0 Å². The Labute approximate surface area is 150 Å². The lowest BCUT2D eigenvalue weighted by Gasteiger charge is -2.27. The van der Waals surface area contributed by atoms with Gasteiger partial charge in [-0.25, -0.2) is 4.79 Å². The fraction of sp³-hybridized carbons (Fsp3) is 0.579. The number of hydrogen-bond donors (Lipinski definition) is 1. The Morgan fingerprint density at radius 1 is 1.12 bits per heavy atom. The van der Waals surface area contributed by atoms with Gasteiger partial charge in [-0.3, -0.25) is 4.79 Å². The summed E-state index contributed by atoms with van der Waals surface area (Å²) in [5.41, 5.74) is 0.834. The fourth-order valence-electron chi connectivity index (χ4n) is 2.71. The lowest BCUT2D eigenvalue weighted by molar-refractivity contribution is -0.133. The van der Waals surface area contributed by atoms with Gasteiger partial charge in [0.2, 0.25) is 0 Å². The molecule has 138 valence electrons. The monoisotopic (exact) mass is 347 g/mol. The fourth-order valence-corrected chi connectivity index (χ4v) is 2.71. The second kappa shape index (κ2) is 8.23. The molecule has 0 spiro atoms. The number of carbonyl (C=O) groups excluding carboxylic acids is 2. The Kier molecular flexibility index (Phi) is 6.28. The van der Waals surface area contributed by atoms with Crippen LogP contribution in [0, 0.1) is 6.92 Å². The molecule has 0 radical (unpaired) electrons. The lowest BCUT2D eigenvalue weighted by Crippen LogP contribution is -2.49. The zero-order chi connectivity index (χ0) is 18.4. The molecule has 1 aliphatic heterocycles. The van der Waals surface area contributed by atoms with E-state index in [0.29, 0.717) is 31.9 Å². The van der Waals surface area contributed by atoms with Gasteiger partial charge in [0, 0.05) is 31.7 Å². The first-order valence-electron chi connectivity index (χ1n) is 8.79. The molecule has 6 heteroatoms. The van der Waals surface area contributed by atoms with Gasteiger partial charge in [0.25, 0.3) is 5.91 Å². The molecule has 0 unspecified atom stereocenters. The van der Waals surface area contributed by atoms with Crippen molar-refractivity contribution in [3.63, 3.8) is 0 Å². The number of carbonyl (C=O) groups is 2. The van der Waals surface area contributed by atoms with Gasteiger partial charge >= 0.3 is 6.03 Å². The molecule has 1 heterocycles. The average molecular weight is 347 g/mol. The number of aryl methyl sites for hydroxylation is 1. The number of urea groups is 1. The SMILES string of the molecule is Cc1cccc(OCC(=O)N2CCCN(C(=O)NC(C)(C)C)CC2)c1. The van der Waals surface area contributed by atoms with Crippen LogP contribution in [-0.2, 0) is 4.79 Å². The summed E-state index contributed by atoms with van der Waals surface area (Å²) in [6, 6.07) is 7.58. The van der Waals surface area contributed by atoms with Crippen molar-refractivity contribution in [2.45, 2.75) is 39.7 Å². The van der Waals surface area contributed by atoms with Crippen LogP contribution < -0.4 is 10.1 Å². The summed E-state index contributed by atoms with van der Waals surface area (Å²) in [6.07, 6.45) is 0.772. The van der Waals surface area contributed by atoms with Gasteiger partial charge in [-0.1, -0.05) is 12.1 Å². The van der Waals surface area contributed by atoms with Crippen LogP contribution in [0.2, 0.25) is 0 Å². The number of nitrogens with one attached hydrogen (secondary N) is 1. The summed E-state index contributed by atoms with van der Waals surface area (Å²) in [5, 5.41) is 2.97. The first-order chi connectivity index (χ1) is 11.7. The number of hydrogen-bond acceptors (Lipinski definition) is 3. The molecule has 1 aromatic rings. The van der Waals surface area contributed by atoms with Crippen LogP contribution in [0.4, 0.5) is 4.79 Å². The lowest BCUT2D eigenvalue weighted by atomic mass is 10.1. The van der Waals surface area contributed by atoms with E-state index in [9.17, 15) is 9.59 Å². The molecule has 1 fully saturated rings. The highest BCUT2D eigenvalue weighted by Crippen LogP contribution is 2.13. The largest absolute Gasteiger partial charge is 0.484 e. The zero-order valence-corrected chi connectivity index (χ0v) is 15.7. The maximum atomic E-state index is 12.4. The Balaban J connectivity index is 1.83. The summed E-state index contributed by atoms with van der Waals surface area (Å²) >= 11 is 0. The predicted molar refractivity (Wildman–Crippen MR) is 97.7 cm³/mol. The molecule has 3 amide bonds. The summed E-state index contributed by atoms with van der Waals surface area (Å²) in [6.45, 7) is 10.3. The van der Waals surface area contributed by atoms with E-state index in [0.717, 1.165) is 12.0 Å². The number of nitrogens with zero attached hydrogens (tertiary/aromatic N) is 2. The Bertz CT molecular complexity index is 610. The second-order valence-electron chi connectivity index (χ2n) is 7.51. The molecular weight excluding hydrogens is 318 g/mol. The molecular formula is C19H29N3O3. The molecule has 0 bridgehead atoms. The van der Waals surface area contributed by atoms with Crippen molar-refractivity contribution in [3.8, 4) is 5.75 Å². The number of rotatable bonds is 3. The van der Waals surface area contributed by atoms with E-state index < -0.39 is 0 Å². The van der Waals surface area contributed by atoms with Crippen molar-refractivity contribution in [1.29, 1.82) is 0 Å². The Hall–Kier alpha value is -2.24. The van der Waals surface area contributed by atoms with Crippen molar-refractivity contribution >= 4 is 11.9 Å². The highest BCUT2D eigenvalue weighted by Gasteiger charge is 2.24. The highest BCUT2D eigenvalue weighted by molar-refractivity contribution is 5.78. The van der Waals surface area contributed by atoms with Crippen LogP contribution in [0.3, 0.4) is 0 Å². The molecule has 0 aromatic heterocycles. The van der Waals surface area contributed by atoms with E-state index in [1.807, 2.05) is 52.0 Å². The minimum Gasteiger partial charge on any atom is -0.484 e. The third-order valence-corrected chi connectivity index (χ3v) is 3.97. The molecule has 0 saturated carbocycles. The predicted octanol–water partition coefficient (Wildman–Crippen LogP) is 2.42. The van der Waals surface area contributed by atoms with Gasteiger partial charge in [0.1, 0.15) is 5.75 Å². The minimum absolute atomic E-state index is 0.0254. The zero-order valence-electron chi connectivity index (χ0n) is 15.7. The number of benzene rings is 1. The van der Waals surface area contributed by atoms with Crippen LogP contribution in [0.1, 0.15) is 32.8 Å². The van der Waals surface area contributed by atoms with Crippen LogP contribution >= 0.6 is 0 Å². The van der Waals surface area contributed by atoms with Crippen LogP contribution in [0.15, 0.2) is 24.3 Å². The van der Waals surface area contributed by atoms with E-state index in [2.05, 4.69) is 5.32 Å². The minimum atomic E-state index is -0.263. The van der Waals surface area contributed by atoms with Crippen LogP contribution in [0.5, 0.6) is 5.75 Å². The van der Waals surface area contributed by atoms with Gasteiger partial charge in [0.05, 0.1) is 0 Å². The first-order valence-corrected chi connectivity index (χ1v) is 8.79. The molecule has 25 heavy (non-hydrogen) atoms. The molecule has 1 aliphatic rings. The maximum Gasteiger partial charge on any atom is 0.317 e. The normalized spacial score (nSPS) is 15.5.